The van der Waals surface area contributed by atoms with E-state index in [0.717, 1.165) is 11.0 Å². The van der Waals surface area contributed by atoms with E-state index in [-0.39, 0.29) is 5.91 Å². The van der Waals surface area contributed by atoms with Gasteiger partial charge in [0.05, 0.1) is 0 Å². The Labute approximate surface area is 133 Å². The van der Waals surface area contributed by atoms with Crippen LogP contribution in [0.3, 0.4) is 0 Å². The molecule has 0 spiro atoms. The van der Waals surface area contributed by atoms with Crippen molar-refractivity contribution in [3.8, 4) is 0 Å². The van der Waals surface area contributed by atoms with Gasteiger partial charge in [0.2, 0.25) is 0 Å². The van der Waals surface area contributed by atoms with E-state index in [4.69, 9.17) is 4.42 Å². The van der Waals surface area contributed by atoms with Crippen LogP contribution in [-0.2, 0) is 0 Å². The Hall–Kier alpha value is -1.29. The smallest absolute Gasteiger partial charge is 0.287 e. The summed E-state index contributed by atoms with van der Waals surface area (Å²) in [5.41, 5.74) is 1.93. The van der Waals surface area contributed by atoms with Crippen molar-refractivity contribution in [2.24, 2.45) is 5.92 Å². The average molecular weight is 350 g/mol. The first-order chi connectivity index (χ1) is 10.1. The highest BCUT2D eigenvalue weighted by Gasteiger charge is 2.23. The van der Waals surface area contributed by atoms with Crippen LogP contribution in [0.1, 0.15) is 41.8 Å². The highest BCUT2D eigenvalue weighted by Crippen LogP contribution is 2.29. The van der Waals surface area contributed by atoms with Gasteiger partial charge in [0.25, 0.3) is 5.91 Å². The Morgan fingerprint density at radius 3 is 2.95 bits per heavy atom. The molecular weight excluding hydrogens is 330 g/mol. The number of benzene rings is 1. The van der Waals surface area contributed by atoms with Crippen molar-refractivity contribution >= 4 is 32.8 Å². The number of nitrogens with one attached hydrogen (secondary N) is 1. The van der Waals surface area contributed by atoms with Crippen LogP contribution in [0.4, 0.5) is 0 Å². The van der Waals surface area contributed by atoms with Crippen LogP contribution in [0, 0.1) is 12.8 Å². The molecule has 3 rings (SSSR count). The number of halogens is 1. The zero-order valence-corrected chi connectivity index (χ0v) is 13.8. The van der Waals surface area contributed by atoms with Crippen LogP contribution in [0.5, 0.6) is 0 Å². The molecule has 1 aromatic heterocycles. The molecule has 21 heavy (non-hydrogen) atoms. The number of alkyl halides is 1. The van der Waals surface area contributed by atoms with Crippen molar-refractivity contribution in [1.29, 1.82) is 0 Å². The molecule has 1 amide bonds. The summed E-state index contributed by atoms with van der Waals surface area (Å²) in [5, 5.41) is 3.99. The Balaban J connectivity index is 1.66. The maximum atomic E-state index is 12.2. The van der Waals surface area contributed by atoms with Crippen molar-refractivity contribution in [1.82, 2.24) is 5.32 Å². The predicted molar refractivity (Wildman–Crippen MR) is 88.0 cm³/mol. The lowest BCUT2D eigenvalue weighted by Gasteiger charge is -2.27. The van der Waals surface area contributed by atoms with E-state index in [9.17, 15) is 4.79 Å². The average Bonchev–Trinajstić information content (AvgIpc) is 2.89. The van der Waals surface area contributed by atoms with Crippen LogP contribution < -0.4 is 5.32 Å². The third-order valence-electron chi connectivity index (χ3n) is 4.24. The first kappa shape index (κ1) is 14.6. The van der Waals surface area contributed by atoms with Crippen LogP contribution >= 0.6 is 15.9 Å². The van der Waals surface area contributed by atoms with Crippen LogP contribution in [0.15, 0.2) is 28.7 Å². The molecule has 1 saturated carbocycles. The lowest BCUT2D eigenvalue weighted by Crippen LogP contribution is -2.34. The van der Waals surface area contributed by atoms with Gasteiger partial charge in [-0.25, -0.2) is 0 Å². The van der Waals surface area contributed by atoms with Gasteiger partial charge in [-0.3, -0.25) is 4.79 Å². The molecule has 0 radical (unpaired) electrons. The fourth-order valence-electron chi connectivity index (χ4n) is 2.98. The molecule has 4 heteroatoms. The summed E-state index contributed by atoms with van der Waals surface area (Å²) in [5.74, 6) is 0.806. The van der Waals surface area contributed by atoms with E-state index in [1.165, 1.54) is 31.2 Å². The second-order valence-electron chi connectivity index (χ2n) is 5.92. The first-order valence-electron chi connectivity index (χ1n) is 7.56. The first-order valence-corrected chi connectivity index (χ1v) is 8.47. The molecule has 112 valence electrons. The minimum atomic E-state index is -0.117. The van der Waals surface area contributed by atoms with E-state index in [1.807, 2.05) is 31.2 Å². The molecule has 2 unspecified atom stereocenters. The largest absolute Gasteiger partial charge is 0.451 e. The van der Waals surface area contributed by atoms with Gasteiger partial charge in [0.1, 0.15) is 5.58 Å². The highest BCUT2D eigenvalue weighted by atomic mass is 79.9. The molecule has 1 N–H and O–H groups in total. The van der Waals surface area contributed by atoms with Gasteiger partial charge in [-0.1, -0.05) is 40.4 Å². The predicted octanol–water partition coefficient (Wildman–Crippen LogP) is 4.42. The number of furan rings is 1. The number of amides is 1. The van der Waals surface area contributed by atoms with Gasteiger partial charge in [-0.2, -0.15) is 0 Å². The van der Waals surface area contributed by atoms with Crippen molar-refractivity contribution in [2.45, 2.75) is 37.4 Å². The fraction of sp³-hybridized carbons (Fsp3) is 0.471. The number of rotatable bonds is 3. The Morgan fingerprint density at radius 1 is 1.33 bits per heavy atom. The minimum Gasteiger partial charge on any atom is -0.451 e. The van der Waals surface area contributed by atoms with Crippen LogP contribution in [0.2, 0.25) is 0 Å². The van der Waals surface area contributed by atoms with Crippen molar-refractivity contribution in [2.75, 3.05) is 6.54 Å². The minimum absolute atomic E-state index is 0.117. The van der Waals surface area contributed by atoms with E-state index in [1.54, 1.807) is 0 Å². The van der Waals surface area contributed by atoms with Gasteiger partial charge >= 0.3 is 0 Å². The molecule has 1 aliphatic carbocycles. The lowest BCUT2D eigenvalue weighted by molar-refractivity contribution is 0.0919. The number of hydrogen-bond donors (Lipinski definition) is 1. The van der Waals surface area contributed by atoms with E-state index >= 15 is 0 Å². The zero-order valence-electron chi connectivity index (χ0n) is 12.2. The molecule has 0 saturated heterocycles. The molecule has 1 fully saturated rings. The van der Waals surface area contributed by atoms with Gasteiger partial charge in [-0.15, -0.1) is 0 Å². The molecule has 0 aliphatic heterocycles. The van der Waals surface area contributed by atoms with Gasteiger partial charge in [-0.05, 0) is 43.9 Å². The third kappa shape index (κ3) is 3.31. The molecule has 1 aromatic carbocycles. The molecule has 3 nitrogen and oxygen atoms in total. The normalized spacial score (nSPS) is 22.4. The summed E-state index contributed by atoms with van der Waals surface area (Å²) < 4.78 is 5.63. The molecule has 1 heterocycles. The highest BCUT2D eigenvalue weighted by molar-refractivity contribution is 9.09. The van der Waals surface area contributed by atoms with Crippen LogP contribution in [-0.4, -0.2) is 17.3 Å². The summed E-state index contributed by atoms with van der Waals surface area (Å²) in [7, 11) is 0. The Morgan fingerprint density at radius 2 is 2.14 bits per heavy atom. The quantitative estimate of drug-likeness (QED) is 0.833. The topological polar surface area (TPSA) is 42.2 Å². The third-order valence-corrected chi connectivity index (χ3v) is 5.44. The van der Waals surface area contributed by atoms with Crippen molar-refractivity contribution in [3.05, 3.63) is 35.6 Å². The summed E-state index contributed by atoms with van der Waals surface area (Å²) >= 11 is 3.72. The fourth-order valence-corrected chi connectivity index (χ4v) is 3.75. The van der Waals surface area contributed by atoms with Gasteiger partial charge in [0, 0.05) is 16.8 Å². The van der Waals surface area contributed by atoms with Gasteiger partial charge in [0.15, 0.2) is 5.76 Å². The summed E-state index contributed by atoms with van der Waals surface area (Å²) in [6.45, 7) is 2.75. The number of aryl methyl sites for hydroxylation is 1. The molecule has 2 atom stereocenters. The molecule has 0 bridgehead atoms. The SMILES string of the molecule is Cc1ccc2oc(C(=O)NCC3CCCCC3Br)cc2c1. The molecular formula is C17H20BrNO2. The summed E-state index contributed by atoms with van der Waals surface area (Å²) in [6, 6.07) is 7.76. The Bertz CT molecular complexity index is 649. The van der Waals surface area contributed by atoms with Crippen molar-refractivity contribution < 1.29 is 9.21 Å². The maximum Gasteiger partial charge on any atom is 0.287 e. The molecule has 1 aliphatic rings. The number of fused-ring (bicyclic) bond motifs is 1. The summed E-state index contributed by atoms with van der Waals surface area (Å²) in [6.07, 6.45) is 4.91. The molecule has 2 aromatic rings. The van der Waals surface area contributed by atoms with Crippen molar-refractivity contribution in [3.63, 3.8) is 0 Å². The maximum absolute atomic E-state index is 12.2. The second kappa shape index (κ2) is 6.22. The van der Waals surface area contributed by atoms with E-state index in [0.29, 0.717) is 23.1 Å². The number of carbonyl (C=O) groups is 1. The van der Waals surface area contributed by atoms with E-state index < -0.39 is 0 Å². The Kier molecular flexibility index (Phi) is 4.34. The number of carbonyl (C=O) groups excluding carboxylic acids is 1. The monoisotopic (exact) mass is 349 g/mol. The number of hydrogen-bond acceptors (Lipinski definition) is 2. The van der Waals surface area contributed by atoms with E-state index in [2.05, 4.69) is 21.2 Å². The lowest BCUT2D eigenvalue weighted by atomic mass is 9.89. The van der Waals surface area contributed by atoms with Crippen LogP contribution in [0.25, 0.3) is 11.0 Å². The standard InChI is InChI=1S/C17H20BrNO2/c1-11-6-7-15-13(8-11)9-16(21-15)17(20)19-10-12-4-2-3-5-14(12)18/h6-9,12,14H,2-5,10H2,1H3,(H,19,20). The van der Waals surface area contributed by atoms with Gasteiger partial charge < -0.3 is 9.73 Å². The second-order valence-corrected chi connectivity index (χ2v) is 7.10. The zero-order chi connectivity index (χ0) is 14.8. The summed E-state index contributed by atoms with van der Waals surface area (Å²) in [4.78, 5) is 12.7.